The summed E-state index contributed by atoms with van der Waals surface area (Å²) in [6, 6.07) is 6.38. The summed E-state index contributed by atoms with van der Waals surface area (Å²) in [6.07, 6.45) is 8.40. The number of aryl methyl sites for hydroxylation is 1. The SMILES string of the molecule is Cc1ncc2cc(-n3nnc4cnc(NC5CCCC5)nc43)ccc2n1. The second kappa shape index (κ2) is 5.98. The van der Waals surface area contributed by atoms with Gasteiger partial charge >= 0.3 is 0 Å². The maximum atomic E-state index is 4.65. The van der Waals surface area contributed by atoms with E-state index in [0.29, 0.717) is 23.2 Å². The minimum atomic E-state index is 0.456. The van der Waals surface area contributed by atoms with Crippen molar-refractivity contribution in [3.8, 4) is 5.69 Å². The van der Waals surface area contributed by atoms with Crippen LogP contribution in [0.25, 0.3) is 27.8 Å². The molecule has 26 heavy (non-hydrogen) atoms. The zero-order chi connectivity index (χ0) is 17.5. The predicted molar refractivity (Wildman–Crippen MR) is 98.2 cm³/mol. The molecular weight excluding hydrogens is 328 g/mol. The van der Waals surface area contributed by atoms with Crippen molar-refractivity contribution in [2.24, 2.45) is 0 Å². The molecule has 0 radical (unpaired) electrons. The van der Waals surface area contributed by atoms with Crippen molar-refractivity contribution in [2.75, 3.05) is 5.32 Å². The highest BCUT2D eigenvalue weighted by atomic mass is 15.4. The molecule has 130 valence electrons. The Morgan fingerprint density at radius 2 is 1.92 bits per heavy atom. The number of aromatic nitrogens is 7. The lowest BCUT2D eigenvalue weighted by Crippen LogP contribution is -2.16. The molecule has 1 aliphatic rings. The van der Waals surface area contributed by atoms with Crippen molar-refractivity contribution < 1.29 is 0 Å². The van der Waals surface area contributed by atoms with Crippen LogP contribution in [0.5, 0.6) is 0 Å². The number of benzene rings is 1. The molecule has 4 aromatic rings. The van der Waals surface area contributed by atoms with Gasteiger partial charge in [0.05, 0.1) is 17.4 Å². The van der Waals surface area contributed by atoms with Gasteiger partial charge in [0.2, 0.25) is 5.95 Å². The lowest BCUT2D eigenvalue weighted by atomic mass is 10.2. The highest BCUT2D eigenvalue weighted by Gasteiger charge is 2.17. The normalized spacial score (nSPS) is 15.1. The van der Waals surface area contributed by atoms with Crippen LogP contribution in [-0.4, -0.2) is 41.0 Å². The van der Waals surface area contributed by atoms with Crippen molar-refractivity contribution >= 4 is 28.0 Å². The summed E-state index contributed by atoms with van der Waals surface area (Å²) in [6.45, 7) is 1.88. The van der Waals surface area contributed by atoms with Gasteiger partial charge in [-0.1, -0.05) is 18.1 Å². The largest absolute Gasteiger partial charge is 0.351 e. The second-order valence-electron chi connectivity index (χ2n) is 6.69. The molecule has 0 spiro atoms. The Morgan fingerprint density at radius 3 is 2.81 bits per heavy atom. The van der Waals surface area contributed by atoms with Crippen LogP contribution in [0, 0.1) is 6.92 Å². The van der Waals surface area contributed by atoms with E-state index >= 15 is 0 Å². The smallest absolute Gasteiger partial charge is 0.225 e. The minimum Gasteiger partial charge on any atom is -0.351 e. The van der Waals surface area contributed by atoms with Gasteiger partial charge in [-0.15, -0.1) is 5.10 Å². The summed E-state index contributed by atoms with van der Waals surface area (Å²) >= 11 is 0. The van der Waals surface area contributed by atoms with Crippen molar-refractivity contribution in [2.45, 2.75) is 38.6 Å². The topological polar surface area (TPSA) is 94.3 Å². The molecule has 0 aliphatic heterocycles. The lowest BCUT2D eigenvalue weighted by Gasteiger charge is -2.11. The Kier molecular flexibility index (Phi) is 3.48. The van der Waals surface area contributed by atoms with Crippen molar-refractivity contribution in [1.29, 1.82) is 0 Å². The lowest BCUT2D eigenvalue weighted by molar-refractivity contribution is 0.744. The van der Waals surface area contributed by atoms with E-state index in [1.807, 2.05) is 31.3 Å². The number of anilines is 1. The fourth-order valence-corrected chi connectivity index (χ4v) is 3.47. The summed E-state index contributed by atoms with van der Waals surface area (Å²) in [5.74, 6) is 1.39. The van der Waals surface area contributed by atoms with E-state index in [9.17, 15) is 0 Å². The van der Waals surface area contributed by atoms with Crippen LogP contribution in [0.1, 0.15) is 31.5 Å². The first-order valence-electron chi connectivity index (χ1n) is 8.85. The van der Waals surface area contributed by atoms with Crippen LogP contribution in [0.4, 0.5) is 5.95 Å². The maximum Gasteiger partial charge on any atom is 0.225 e. The second-order valence-corrected chi connectivity index (χ2v) is 6.69. The van der Waals surface area contributed by atoms with Gasteiger partial charge in [0.1, 0.15) is 5.82 Å². The maximum absolute atomic E-state index is 4.65. The zero-order valence-electron chi connectivity index (χ0n) is 14.4. The number of fused-ring (bicyclic) bond motifs is 2. The van der Waals surface area contributed by atoms with E-state index in [4.69, 9.17) is 0 Å². The first-order chi connectivity index (χ1) is 12.8. The van der Waals surface area contributed by atoms with Gasteiger partial charge in [-0.05, 0) is 38.0 Å². The fraction of sp³-hybridized carbons (Fsp3) is 0.333. The molecule has 0 amide bonds. The molecule has 1 saturated carbocycles. The molecule has 8 nitrogen and oxygen atoms in total. The molecule has 3 heterocycles. The standard InChI is InChI=1S/C18H18N8/c1-11-19-9-12-8-14(6-7-15(12)21-11)26-17-16(24-25-26)10-20-18(23-17)22-13-4-2-3-5-13/h6-10,13H,2-5H2,1H3,(H,20,22,23). The van der Waals surface area contributed by atoms with Crippen LogP contribution >= 0.6 is 0 Å². The summed E-state index contributed by atoms with van der Waals surface area (Å²) in [5, 5.41) is 12.8. The van der Waals surface area contributed by atoms with E-state index in [-0.39, 0.29) is 0 Å². The average Bonchev–Trinajstić information content (AvgIpc) is 3.31. The number of nitrogens with zero attached hydrogens (tertiary/aromatic N) is 7. The molecule has 8 heteroatoms. The molecule has 1 aromatic carbocycles. The molecular formula is C18H18N8. The van der Waals surface area contributed by atoms with Crippen molar-refractivity contribution in [3.05, 3.63) is 36.4 Å². The third-order valence-electron chi connectivity index (χ3n) is 4.81. The molecule has 1 fully saturated rings. The number of nitrogens with one attached hydrogen (secondary N) is 1. The van der Waals surface area contributed by atoms with E-state index in [2.05, 4.69) is 35.6 Å². The van der Waals surface area contributed by atoms with E-state index in [1.54, 1.807) is 10.9 Å². The van der Waals surface area contributed by atoms with Crippen LogP contribution in [0.2, 0.25) is 0 Å². The van der Waals surface area contributed by atoms with Gasteiger partial charge in [-0.25, -0.2) is 15.0 Å². The Morgan fingerprint density at radius 1 is 1.04 bits per heavy atom. The Balaban J connectivity index is 1.56. The van der Waals surface area contributed by atoms with Gasteiger partial charge in [0.25, 0.3) is 0 Å². The highest BCUT2D eigenvalue weighted by molar-refractivity contribution is 5.81. The van der Waals surface area contributed by atoms with Gasteiger partial charge < -0.3 is 5.32 Å². The average molecular weight is 346 g/mol. The molecule has 5 rings (SSSR count). The quantitative estimate of drug-likeness (QED) is 0.609. The molecule has 0 atom stereocenters. The van der Waals surface area contributed by atoms with Gasteiger partial charge in [-0.3, -0.25) is 0 Å². The molecule has 0 bridgehead atoms. The van der Waals surface area contributed by atoms with Crippen LogP contribution in [-0.2, 0) is 0 Å². The minimum absolute atomic E-state index is 0.456. The summed E-state index contributed by atoms with van der Waals surface area (Å²) in [7, 11) is 0. The summed E-state index contributed by atoms with van der Waals surface area (Å²) < 4.78 is 1.73. The number of rotatable bonds is 3. The molecule has 3 aromatic heterocycles. The van der Waals surface area contributed by atoms with Crippen LogP contribution < -0.4 is 5.32 Å². The predicted octanol–water partition coefficient (Wildman–Crippen LogP) is 2.82. The number of hydrogen-bond acceptors (Lipinski definition) is 7. The monoisotopic (exact) mass is 346 g/mol. The first kappa shape index (κ1) is 15.1. The van der Waals surface area contributed by atoms with Crippen LogP contribution in [0.3, 0.4) is 0 Å². The molecule has 1 aliphatic carbocycles. The highest BCUT2D eigenvalue weighted by Crippen LogP contribution is 2.22. The first-order valence-corrected chi connectivity index (χ1v) is 8.85. The Bertz CT molecular complexity index is 1100. The fourth-order valence-electron chi connectivity index (χ4n) is 3.47. The van der Waals surface area contributed by atoms with E-state index < -0.39 is 0 Å². The zero-order valence-corrected chi connectivity index (χ0v) is 14.4. The Labute approximate surface area is 149 Å². The van der Waals surface area contributed by atoms with Gasteiger partial charge in [0, 0.05) is 17.6 Å². The van der Waals surface area contributed by atoms with Crippen LogP contribution in [0.15, 0.2) is 30.6 Å². The summed E-state index contributed by atoms with van der Waals surface area (Å²) in [5.41, 5.74) is 3.14. The van der Waals surface area contributed by atoms with Crippen molar-refractivity contribution in [3.63, 3.8) is 0 Å². The molecule has 1 N–H and O–H groups in total. The summed E-state index contributed by atoms with van der Waals surface area (Å²) in [4.78, 5) is 17.7. The third-order valence-corrected chi connectivity index (χ3v) is 4.81. The number of hydrogen-bond donors (Lipinski definition) is 1. The van der Waals surface area contributed by atoms with E-state index in [0.717, 1.165) is 22.4 Å². The Hall–Kier alpha value is -3.16. The van der Waals surface area contributed by atoms with Gasteiger partial charge in [0.15, 0.2) is 11.2 Å². The van der Waals surface area contributed by atoms with E-state index in [1.165, 1.54) is 25.7 Å². The van der Waals surface area contributed by atoms with Crippen molar-refractivity contribution in [1.82, 2.24) is 34.9 Å². The molecule has 0 unspecified atom stereocenters. The molecule has 0 saturated heterocycles. The third kappa shape index (κ3) is 2.63. The van der Waals surface area contributed by atoms with Gasteiger partial charge in [-0.2, -0.15) is 9.67 Å².